The molecule has 0 radical (unpaired) electrons. The summed E-state index contributed by atoms with van der Waals surface area (Å²) in [6.07, 6.45) is 2.68. The second-order valence-corrected chi connectivity index (χ2v) is 6.44. The fraction of sp³-hybridized carbons (Fsp3) is 0.625. The van der Waals surface area contributed by atoms with Crippen LogP contribution in [0, 0.1) is 0 Å². The van der Waals surface area contributed by atoms with Crippen molar-refractivity contribution in [1.29, 1.82) is 0 Å². The predicted molar refractivity (Wildman–Crippen MR) is 89.2 cm³/mol. The minimum atomic E-state index is 0.475. The summed E-state index contributed by atoms with van der Waals surface area (Å²) < 4.78 is 11.7. The van der Waals surface area contributed by atoms with Gasteiger partial charge in [-0.05, 0) is 50.6 Å². The third kappa shape index (κ3) is 4.59. The second-order valence-electron chi connectivity index (χ2n) is 5.59. The number of ether oxygens (including phenoxy) is 2. The first-order chi connectivity index (χ1) is 10.1. The molecule has 2 rings (SSSR count). The predicted octanol–water partition coefficient (Wildman–Crippen LogP) is 3.04. The molecule has 1 atom stereocenters. The van der Waals surface area contributed by atoms with Gasteiger partial charge in [0.1, 0.15) is 0 Å². The van der Waals surface area contributed by atoms with Crippen LogP contribution in [0.4, 0.5) is 0 Å². The van der Waals surface area contributed by atoms with E-state index in [1.54, 1.807) is 14.2 Å². The first kappa shape index (κ1) is 16.6. The monoisotopic (exact) mass is 356 g/mol. The molecule has 1 aliphatic heterocycles. The van der Waals surface area contributed by atoms with Crippen molar-refractivity contribution in [3.63, 3.8) is 0 Å². The molecule has 1 unspecified atom stereocenters. The Balaban J connectivity index is 1.92. The van der Waals surface area contributed by atoms with Gasteiger partial charge in [0.25, 0.3) is 0 Å². The summed E-state index contributed by atoms with van der Waals surface area (Å²) in [6.45, 7) is 6.66. The molecule has 1 saturated heterocycles. The molecule has 1 N–H and O–H groups in total. The van der Waals surface area contributed by atoms with Crippen LogP contribution in [0.15, 0.2) is 16.6 Å². The minimum Gasteiger partial charge on any atom is -0.493 e. The molecule has 0 amide bonds. The van der Waals surface area contributed by atoms with E-state index >= 15 is 0 Å². The summed E-state index contributed by atoms with van der Waals surface area (Å²) >= 11 is 3.60. The molecule has 0 aromatic heterocycles. The van der Waals surface area contributed by atoms with Crippen LogP contribution >= 0.6 is 15.9 Å². The number of nitrogens with zero attached hydrogens (tertiary/aromatic N) is 1. The van der Waals surface area contributed by atoms with Crippen molar-refractivity contribution in [2.45, 2.75) is 32.4 Å². The van der Waals surface area contributed by atoms with E-state index in [9.17, 15) is 0 Å². The van der Waals surface area contributed by atoms with Gasteiger partial charge < -0.3 is 19.7 Å². The minimum absolute atomic E-state index is 0.475. The first-order valence-electron chi connectivity index (χ1n) is 7.50. The average molecular weight is 357 g/mol. The van der Waals surface area contributed by atoms with Crippen LogP contribution in [-0.4, -0.2) is 44.8 Å². The first-order valence-corrected chi connectivity index (χ1v) is 8.29. The van der Waals surface area contributed by atoms with Gasteiger partial charge in [-0.2, -0.15) is 0 Å². The quantitative estimate of drug-likeness (QED) is 0.813. The van der Waals surface area contributed by atoms with Gasteiger partial charge in [0, 0.05) is 23.6 Å². The van der Waals surface area contributed by atoms with E-state index in [4.69, 9.17) is 9.47 Å². The SMILES string of the molecule is COc1cc(Br)c(CNC(C)CN2CCCC2)cc1OC. The lowest BCUT2D eigenvalue weighted by atomic mass is 10.2. The van der Waals surface area contributed by atoms with Gasteiger partial charge in [0.05, 0.1) is 14.2 Å². The van der Waals surface area contributed by atoms with Gasteiger partial charge in [-0.15, -0.1) is 0 Å². The Kier molecular flexibility index (Phi) is 6.33. The lowest BCUT2D eigenvalue weighted by Gasteiger charge is -2.21. The molecule has 0 aliphatic carbocycles. The Labute approximate surface area is 135 Å². The molecule has 4 nitrogen and oxygen atoms in total. The summed E-state index contributed by atoms with van der Waals surface area (Å²) in [5.74, 6) is 1.52. The maximum absolute atomic E-state index is 5.36. The zero-order valence-corrected chi connectivity index (χ0v) is 14.7. The number of hydrogen-bond donors (Lipinski definition) is 1. The van der Waals surface area contributed by atoms with Crippen LogP contribution in [0.25, 0.3) is 0 Å². The summed E-state index contributed by atoms with van der Waals surface area (Å²) in [4.78, 5) is 2.53. The van der Waals surface area contributed by atoms with E-state index in [1.807, 2.05) is 12.1 Å². The Morgan fingerprint density at radius 1 is 1.19 bits per heavy atom. The van der Waals surface area contributed by atoms with Gasteiger partial charge in [-0.25, -0.2) is 0 Å². The normalized spacial score (nSPS) is 17.0. The molecule has 1 heterocycles. The number of likely N-dealkylation sites (tertiary alicyclic amines) is 1. The Bertz CT molecular complexity index is 462. The van der Waals surface area contributed by atoms with Gasteiger partial charge in [0.15, 0.2) is 11.5 Å². The van der Waals surface area contributed by atoms with Crippen molar-refractivity contribution < 1.29 is 9.47 Å². The molecule has 118 valence electrons. The fourth-order valence-electron chi connectivity index (χ4n) is 2.73. The van der Waals surface area contributed by atoms with Crippen molar-refractivity contribution in [1.82, 2.24) is 10.2 Å². The molecule has 21 heavy (non-hydrogen) atoms. The second kappa shape index (κ2) is 8.01. The number of nitrogens with one attached hydrogen (secondary N) is 1. The van der Waals surface area contributed by atoms with Crippen molar-refractivity contribution in [2.24, 2.45) is 0 Å². The van der Waals surface area contributed by atoms with Crippen LogP contribution in [0.3, 0.4) is 0 Å². The van der Waals surface area contributed by atoms with E-state index in [1.165, 1.54) is 31.5 Å². The van der Waals surface area contributed by atoms with Crippen LogP contribution in [0.5, 0.6) is 11.5 Å². The maximum Gasteiger partial charge on any atom is 0.161 e. The van der Waals surface area contributed by atoms with Crippen molar-refractivity contribution >= 4 is 15.9 Å². The summed E-state index contributed by atoms with van der Waals surface area (Å²) in [6, 6.07) is 4.46. The third-order valence-corrected chi connectivity index (χ3v) is 4.66. The lowest BCUT2D eigenvalue weighted by Crippen LogP contribution is -2.37. The van der Waals surface area contributed by atoms with Crippen LogP contribution in [-0.2, 0) is 6.54 Å². The molecule has 1 aliphatic rings. The summed E-state index contributed by atoms with van der Waals surface area (Å²) in [5.41, 5.74) is 1.18. The smallest absolute Gasteiger partial charge is 0.161 e. The zero-order valence-electron chi connectivity index (χ0n) is 13.1. The van der Waals surface area contributed by atoms with Crippen LogP contribution in [0.2, 0.25) is 0 Å². The van der Waals surface area contributed by atoms with E-state index in [0.717, 1.165) is 29.1 Å². The molecular weight excluding hydrogens is 332 g/mol. The highest BCUT2D eigenvalue weighted by molar-refractivity contribution is 9.10. The number of hydrogen-bond acceptors (Lipinski definition) is 4. The number of benzene rings is 1. The average Bonchev–Trinajstić information content (AvgIpc) is 2.98. The largest absolute Gasteiger partial charge is 0.493 e. The standard InChI is InChI=1S/C16H25BrN2O2/c1-12(11-19-6-4-5-7-19)18-10-13-8-15(20-2)16(21-3)9-14(13)17/h8-9,12,18H,4-7,10-11H2,1-3H3. The molecule has 1 aromatic rings. The molecule has 1 aromatic carbocycles. The van der Waals surface area contributed by atoms with Gasteiger partial charge in [-0.3, -0.25) is 0 Å². The highest BCUT2D eigenvalue weighted by Crippen LogP contribution is 2.33. The van der Waals surface area contributed by atoms with Gasteiger partial charge >= 0.3 is 0 Å². The molecule has 5 heteroatoms. The van der Waals surface area contributed by atoms with Crippen molar-refractivity contribution in [2.75, 3.05) is 33.9 Å². The highest BCUT2D eigenvalue weighted by Gasteiger charge is 2.15. The Hall–Kier alpha value is -0.780. The van der Waals surface area contributed by atoms with Gasteiger partial charge in [0.2, 0.25) is 0 Å². The topological polar surface area (TPSA) is 33.7 Å². The number of halogens is 1. The van der Waals surface area contributed by atoms with E-state index < -0.39 is 0 Å². The van der Waals surface area contributed by atoms with E-state index in [-0.39, 0.29) is 0 Å². The van der Waals surface area contributed by atoms with Gasteiger partial charge in [-0.1, -0.05) is 15.9 Å². The van der Waals surface area contributed by atoms with Crippen molar-refractivity contribution in [3.8, 4) is 11.5 Å². The number of methoxy groups -OCH3 is 2. The molecular formula is C16H25BrN2O2. The van der Waals surface area contributed by atoms with Crippen molar-refractivity contribution in [3.05, 3.63) is 22.2 Å². The molecule has 0 saturated carbocycles. The Morgan fingerprint density at radius 2 is 1.81 bits per heavy atom. The molecule has 0 spiro atoms. The maximum atomic E-state index is 5.36. The van der Waals surface area contributed by atoms with Crippen LogP contribution in [0.1, 0.15) is 25.3 Å². The molecule has 1 fully saturated rings. The third-order valence-electron chi connectivity index (χ3n) is 3.92. The zero-order chi connectivity index (χ0) is 15.2. The Morgan fingerprint density at radius 3 is 2.43 bits per heavy atom. The molecule has 0 bridgehead atoms. The van der Waals surface area contributed by atoms with E-state index in [2.05, 4.69) is 33.1 Å². The summed E-state index contributed by atoms with van der Waals surface area (Å²) in [5, 5.41) is 3.59. The number of rotatable bonds is 7. The highest BCUT2D eigenvalue weighted by atomic mass is 79.9. The summed E-state index contributed by atoms with van der Waals surface area (Å²) in [7, 11) is 3.32. The fourth-order valence-corrected chi connectivity index (χ4v) is 3.20. The van der Waals surface area contributed by atoms with E-state index in [0.29, 0.717) is 6.04 Å². The lowest BCUT2D eigenvalue weighted by molar-refractivity contribution is 0.298. The van der Waals surface area contributed by atoms with Crippen LogP contribution < -0.4 is 14.8 Å².